The van der Waals surface area contributed by atoms with E-state index in [9.17, 15) is 4.79 Å². The van der Waals surface area contributed by atoms with Crippen LogP contribution in [0.1, 0.15) is 43.9 Å². The van der Waals surface area contributed by atoms with Crippen LogP contribution in [0.25, 0.3) is 0 Å². The molecule has 1 amide bonds. The van der Waals surface area contributed by atoms with E-state index in [4.69, 9.17) is 5.73 Å². The summed E-state index contributed by atoms with van der Waals surface area (Å²) in [6, 6.07) is 6.17. The van der Waals surface area contributed by atoms with Crippen LogP contribution in [-0.2, 0) is 4.79 Å². The Morgan fingerprint density at radius 1 is 1.35 bits per heavy atom. The summed E-state index contributed by atoms with van der Waals surface area (Å²) in [4.78, 5) is 13.6. The van der Waals surface area contributed by atoms with Crippen LogP contribution < -0.4 is 10.6 Å². The van der Waals surface area contributed by atoms with Crippen molar-refractivity contribution in [3.05, 3.63) is 29.3 Å². The van der Waals surface area contributed by atoms with Crippen molar-refractivity contribution in [1.29, 1.82) is 0 Å². The van der Waals surface area contributed by atoms with Crippen LogP contribution in [0, 0.1) is 5.92 Å². The lowest BCUT2D eigenvalue weighted by Gasteiger charge is -2.17. The topological polar surface area (TPSA) is 46.3 Å². The molecular weight excluding hydrogens is 212 g/mol. The Labute approximate surface area is 103 Å². The van der Waals surface area contributed by atoms with Crippen molar-refractivity contribution < 1.29 is 4.79 Å². The van der Waals surface area contributed by atoms with Crippen molar-refractivity contribution in [2.24, 2.45) is 11.7 Å². The van der Waals surface area contributed by atoms with Crippen molar-refractivity contribution in [1.82, 2.24) is 0 Å². The van der Waals surface area contributed by atoms with Crippen molar-refractivity contribution in [3.63, 3.8) is 0 Å². The molecule has 0 saturated carbocycles. The van der Waals surface area contributed by atoms with E-state index >= 15 is 0 Å². The fraction of sp³-hybridized carbons (Fsp3) is 0.500. The molecule has 2 atom stereocenters. The zero-order valence-electron chi connectivity index (χ0n) is 10.9. The minimum atomic E-state index is -0.0469. The molecule has 1 aliphatic rings. The van der Waals surface area contributed by atoms with E-state index in [1.54, 1.807) is 4.90 Å². The molecule has 2 unspecified atom stereocenters. The first-order chi connectivity index (χ1) is 7.93. The zero-order chi connectivity index (χ0) is 12.7. The van der Waals surface area contributed by atoms with Gasteiger partial charge in [-0.3, -0.25) is 4.79 Å². The Balaban J connectivity index is 2.43. The third kappa shape index (κ3) is 1.84. The van der Waals surface area contributed by atoms with Gasteiger partial charge < -0.3 is 10.6 Å². The molecule has 0 radical (unpaired) electrons. The average Bonchev–Trinajstić information content (AvgIpc) is 2.53. The van der Waals surface area contributed by atoms with Gasteiger partial charge in [-0.1, -0.05) is 26.0 Å². The van der Waals surface area contributed by atoms with E-state index < -0.39 is 0 Å². The Bertz CT molecular complexity index is 454. The number of nitrogens with zero attached hydrogens (tertiary/aromatic N) is 1. The quantitative estimate of drug-likeness (QED) is 0.851. The normalized spacial score (nSPS) is 20.9. The summed E-state index contributed by atoms with van der Waals surface area (Å²) >= 11 is 0. The van der Waals surface area contributed by atoms with Gasteiger partial charge in [-0.15, -0.1) is 0 Å². The fourth-order valence-corrected chi connectivity index (χ4v) is 2.36. The highest BCUT2D eigenvalue weighted by Gasteiger charge is 2.32. The summed E-state index contributed by atoms with van der Waals surface area (Å²) in [6.07, 6.45) is 0. The Kier molecular flexibility index (Phi) is 2.96. The molecule has 1 aromatic carbocycles. The number of likely N-dealkylation sites (N-methyl/N-ethyl adjacent to an activating group) is 1. The van der Waals surface area contributed by atoms with E-state index in [0.717, 1.165) is 16.8 Å². The van der Waals surface area contributed by atoms with Gasteiger partial charge in [0.1, 0.15) is 0 Å². The molecule has 0 fully saturated rings. The number of hydrogen-bond donors (Lipinski definition) is 1. The molecule has 3 nitrogen and oxygen atoms in total. The highest BCUT2D eigenvalue weighted by molar-refractivity contribution is 6.04. The number of amides is 1. The second-order valence-electron chi connectivity index (χ2n) is 5.21. The van der Waals surface area contributed by atoms with Crippen LogP contribution in [0.2, 0.25) is 0 Å². The maximum atomic E-state index is 11.9. The van der Waals surface area contributed by atoms with Gasteiger partial charge in [-0.25, -0.2) is 0 Å². The van der Waals surface area contributed by atoms with E-state index in [1.807, 2.05) is 26.1 Å². The maximum absolute atomic E-state index is 11.9. The third-order valence-corrected chi connectivity index (χ3v) is 3.68. The van der Waals surface area contributed by atoms with Crippen molar-refractivity contribution in [3.8, 4) is 0 Å². The average molecular weight is 232 g/mol. The lowest BCUT2D eigenvalue weighted by molar-refractivity contribution is -0.118. The number of hydrogen-bond acceptors (Lipinski definition) is 2. The first-order valence-electron chi connectivity index (χ1n) is 6.10. The van der Waals surface area contributed by atoms with E-state index in [-0.39, 0.29) is 17.9 Å². The molecule has 2 rings (SSSR count). The smallest absolute Gasteiger partial charge is 0.234 e. The van der Waals surface area contributed by atoms with Crippen molar-refractivity contribution in [2.75, 3.05) is 11.9 Å². The molecule has 92 valence electrons. The molecule has 2 N–H and O–H groups in total. The molecule has 1 aliphatic heterocycles. The lowest BCUT2D eigenvalue weighted by atomic mass is 9.93. The molecule has 0 spiro atoms. The van der Waals surface area contributed by atoms with Gasteiger partial charge in [-0.05, 0) is 30.0 Å². The first kappa shape index (κ1) is 12.1. The van der Waals surface area contributed by atoms with E-state index in [2.05, 4.69) is 19.9 Å². The Morgan fingerprint density at radius 3 is 2.59 bits per heavy atom. The summed E-state index contributed by atoms with van der Waals surface area (Å²) < 4.78 is 0. The highest BCUT2D eigenvalue weighted by Crippen LogP contribution is 2.37. The van der Waals surface area contributed by atoms with Gasteiger partial charge in [-0.2, -0.15) is 0 Å². The number of carbonyl (C=O) groups is 1. The molecule has 1 aromatic rings. The van der Waals surface area contributed by atoms with Gasteiger partial charge >= 0.3 is 0 Å². The lowest BCUT2D eigenvalue weighted by Crippen LogP contribution is -2.22. The number of rotatable bonds is 2. The molecule has 3 heteroatoms. The van der Waals surface area contributed by atoms with Crippen LogP contribution >= 0.6 is 0 Å². The van der Waals surface area contributed by atoms with Crippen LogP contribution in [0.15, 0.2) is 18.2 Å². The van der Waals surface area contributed by atoms with Crippen LogP contribution in [0.5, 0.6) is 0 Å². The summed E-state index contributed by atoms with van der Waals surface area (Å²) in [6.45, 7) is 6.17. The van der Waals surface area contributed by atoms with Gasteiger partial charge in [0.2, 0.25) is 5.91 Å². The predicted molar refractivity (Wildman–Crippen MR) is 70.0 cm³/mol. The van der Waals surface area contributed by atoms with Crippen LogP contribution in [0.3, 0.4) is 0 Å². The van der Waals surface area contributed by atoms with Crippen molar-refractivity contribution in [2.45, 2.75) is 32.7 Å². The monoisotopic (exact) mass is 232 g/mol. The largest absolute Gasteiger partial charge is 0.324 e. The molecule has 0 aliphatic carbocycles. The number of benzene rings is 1. The van der Waals surface area contributed by atoms with Crippen LogP contribution in [-0.4, -0.2) is 13.0 Å². The van der Waals surface area contributed by atoms with Gasteiger partial charge in [0.05, 0.1) is 5.92 Å². The van der Waals surface area contributed by atoms with Crippen molar-refractivity contribution >= 4 is 11.6 Å². The number of anilines is 1. The van der Waals surface area contributed by atoms with Gasteiger partial charge in [0, 0.05) is 18.8 Å². The third-order valence-electron chi connectivity index (χ3n) is 3.68. The Hall–Kier alpha value is -1.35. The Morgan fingerprint density at radius 2 is 2.00 bits per heavy atom. The summed E-state index contributed by atoms with van der Waals surface area (Å²) in [5.74, 6) is 0.516. The molecule has 0 bridgehead atoms. The molecule has 1 heterocycles. The molecule has 0 saturated heterocycles. The van der Waals surface area contributed by atoms with Gasteiger partial charge in [0.15, 0.2) is 0 Å². The van der Waals surface area contributed by atoms with Crippen LogP contribution in [0.4, 0.5) is 5.69 Å². The van der Waals surface area contributed by atoms with E-state index in [1.165, 1.54) is 0 Å². The molecule has 17 heavy (non-hydrogen) atoms. The first-order valence-corrected chi connectivity index (χ1v) is 6.10. The maximum Gasteiger partial charge on any atom is 0.234 e. The zero-order valence-corrected chi connectivity index (χ0v) is 10.9. The predicted octanol–water partition coefficient (Wildman–Crippen LogP) is 2.42. The highest BCUT2D eigenvalue weighted by atomic mass is 16.2. The second kappa shape index (κ2) is 4.15. The molecule has 0 aromatic heterocycles. The summed E-state index contributed by atoms with van der Waals surface area (Å²) in [7, 11) is 1.83. The van der Waals surface area contributed by atoms with E-state index in [0.29, 0.717) is 5.92 Å². The van der Waals surface area contributed by atoms with Gasteiger partial charge in [0.25, 0.3) is 0 Å². The number of nitrogens with two attached hydrogens (primary N) is 1. The summed E-state index contributed by atoms with van der Waals surface area (Å²) in [5.41, 5.74) is 9.39. The molecular formula is C14H20N2O. The number of fused-ring (bicyclic) bond motifs is 1. The standard InChI is InChI=1S/C14H20N2O/c1-8(2)13(15)10-5-6-12-11(7-10)9(3)14(17)16(12)4/h5-9,13H,15H2,1-4H3. The fourth-order valence-electron chi connectivity index (χ4n) is 2.36. The minimum absolute atomic E-state index is 0.0357. The number of carbonyl (C=O) groups excluding carboxylic acids is 1. The summed E-state index contributed by atoms with van der Waals surface area (Å²) in [5, 5.41) is 0. The second-order valence-corrected chi connectivity index (χ2v) is 5.21. The minimum Gasteiger partial charge on any atom is -0.324 e. The SMILES string of the molecule is CC1C(=O)N(C)c2ccc(C(N)C(C)C)cc21.